The van der Waals surface area contributed by atoms with E-state index in [-0.39, 0.29) is 11.8 Å². The number of H-pyrrole nitrogens is 1. The lowest BCUT2D eigenvalue weighted by atomic mass is 10.2. The largest absolute Gasteiger partial charge is 0.359 e. The van der Waals surface area contributed by atoms with Gasteiger partial charge in [-0.3, -0.25) is 4.79 Å². The molecular formula is C10H9ClN2O. The molecule has 0 aliphatic heterocycles. The number of carbonyl (C=O) groups excluding carboxylic acids is 1. The summed E-state index contributed by atoms with van der Waals surface area (Å²) < 4.78 is 0. The highest BCUT2D eigenvalue weighted by Gasteiger charge is 2.04. The van der Waals surface area contributed by atoms with Crippen LogP contribution in [0.2, 0.25) is 0 Å². The second-order valence-electron chi connectivity index (χ2n) is 2.93. The number of rotatable bonds is 2. The molecule has 1 heterocycles. The Morgan fingerprint density at radius 1 is 1.43 bits per heavy atom. The minimum atomic E-state index is -0.200. The van der Waals surface area contributed by atoms with E-state index in [0.717, 1.165) is 16.6 Å². The molecule has 0 saturated carbocycles. The van der Waals surface area contributed by atoms with E-state index in [1.54, 1.807) is 0 Å². The van der Waals surface area contributed by atoms with Gasteiger partial charge in [-0.2, -0.15) is 0 Å². The summed E-state index contributed by atoms with van der Waals surface area (Å²) in [5, 5.41) is 3.79. The molecule has 2 aromatic rings. The second-order valence-corrected chi connectivity index (χ2v) is 3.20. The lowest BCUT2D eigenvalue weighted by Crippen LogP contribution is -2.12. The Bertz CT molecular complexity index is 464. The molecular weight excluding hydrogens is 200 g/mol. The predicted octanol–water partition coefficient (Wildman–Crippen LogP) is 2.35. The van der Waals surface area contributed by atoms with Gasteiger partial charge in [-0.05, 0) is 12.1 Å². The minimum Gasteiger partial charge on any atom is -0.359 e. The Morgan fingerprint density at radius 3 is 3.07 bits per heavy atom. The van der Waals surface area contributed by atoms with E-state index in [1.165, 1.54) is 0 Å². The summed E-state index contributed by atoms with van der Waals surface area (Å²) in [7, 11) is 0. The number of aromatic amines is 1. The van der Waals surface area contributed by atoms with Crippen LogP contribution < -0.4 is 5.32 Å². The molecule has 0 aliphatic carbocycles. The van der Waals surface area contributed by atoms with Crippen LogP contribution in [0.3, 0.4) is 0 Å². The van der Waals surface area contributed by atoms with Crippen molar-refractivity contribution in [1.82, 2.24) is 4.98 Å². The number of para-hydroxylation sites is 1. The van der Waals surface area contributed by atoms with Crippen LogP contribution in [0.4, 0.5) is 5.69 Å². The molecule has 1 aromatic heterocycles. The fourth-order valence-electron chi connectivity index (χ4n) is 1.37. The maximum Gasteiger partial charge on any atom is 0.239 e. The van der Waals surface area contributed by atoms with Gasteiger partial charge in [-0.1, -0.05) is 12.1 Å². The van der Waals surface area contributed by atoms with Gasteiger partial charge in [-0.15, -0.1) is 11.6 Å². The summed E-state index contributed by atoms with van der Waals surface area (Å²) in [6.07, 6.45) is 1.83. The first-order chi connectivity index (χ1) is 6.81. The maximum absolute atomic E-state index is 11.1. The van der Waals surface area contributed by atoms with Gasteiger partial charge in [0, 0.05) is 11.6 Å². The lowest BCUT2D eigenvalue weighted by molar-refractivity contribution is -0.113. The van der Waals surface area contributed by atoms with Crippen LogP contribution in [-0.2, 0) is 4.79 Å². The highest BCUT2D eigenvalue weighted by molar-refractivity contribution is 6.29. The number of alkyl halides is 1. The molecule has 0 aliphatic rings. The van der Waals surface area contributed by atoms with Crippen molar-refractivity contribution in [3.8, 4) is 0 Å². The van der Waals surface area contributed by atoms with Crippen LogP contribution in [0, 0.1) is 0 Å². The van der Waals surface area contributed by atoms with Crippen molar-refractivity contribution >= 4 is 34.1 Å². The fourth-order valence-corrected chi connectivity index (χ4v) is 1.44. The number of fused-ring (bicyclic) bond motifs is 1. The van der Waals surface area contributed by atoms with Crippen LogP contribution in [0.1, 0.15) is 0 Å². The van der Waals surface area contributed by atoms with Crippen molar-refractivity contribution in [2.45, 2.75) is 0 Å². The summed E-state index contributed by atoms with van der Waals surface area (Å²) in [5.74, 6) is -0.231. The van der Waals surface area contributed by atoms with E-state index in [1.807, 2.05) is 30.5 Å². The molecule has 72 valence electrons. The zero-order valence-electron chi connectivity index (χ0n) is 7.38. The molecule has 0 bridgehead atoms. The highest BCUT2D eigenvalue weighted by atomic mass is 35.5. The zero-order valence-corrected chi connectivity index (χ0v) is 8.14. The Morgan fingerprint density at radius 2 is 2.29 bits per heavy atom. The first kappa shape index (κ1) is 9.09. The topological polar surface area (TPSA) is 44.9 Å². The molecule has 0 unspecified atom stereocenters. The molecule has 3 nitrogen and oxygen atoms in total. The van der Waals surface area contributed by atoms with Crippen LogP contribution >= 0.6 is 11.6 Å². The van der Waals surface area contributed by atoms with Crippen molar-refractivity contribution in [2.75, 3.05) is 11.2 Å². The third kappa shape index (κ3) is 1.59. The number of aromatic nitrogens is 1. The van der Waals surface area contributed by atoms with Gasteiger partial charge in [0.25, 0.3) is 0 Å². The average molecular weight is 209 g/mol. The molecule has 1 amide bonds. The maximum atomic E-state index is 11.1. The molecule has 0 fully saturated rings. The van der Waals surface area contributed by atoms with Crippen LogP contribution in [0.25, 0.3) is 10.9 Å². The summed E-state index contributed by atoms with van der Waals surface area (Å²) in [5.41, 5.74) is 1.68. The number of hydrogen-bond acceptors (Lipinski definition) is 1. The number of halogens is 1. The normalized spacial score (nSPS) is 10.4. The highest BCUT2D eigenvalue weighted by Crippen LogP contribution is 2.21. The molecule has 0 radical (unpaired) electrons. The second kappa shape index (κ2) is 3.72. The predicted molar refractivity (Wildman–Crippen MR) is 57.6 cm³/mol. The molecule has 1 aromatic carbocycles. The van der Waals surface area contributed by atoms with Crippen LogP contribution in [0.5, 0.6) is 0 Å². The number of nitrogens with one attached hydrogen (secondary N) is 2. The van der Waals surface area contributed by atoms with Gasteiger partial charge in [0.2, 0.25) is 5.91 Å². The molecule has 2 rings (SSSR count). The van der Waals surface area contributed by atoms with E-state index in [2.05, 4.69) is 10.3 Å². The molecule has 0 atom stereocenters. The van der Waals surface area contributed by atoms with Gasteiger partial charge in [0.05, 0.1) is 11.2 Å². The fraction of sp³-hybridized carbons (Fsp3) is 0.100. The number of anilines is 1. The smallest absolute Gasteiger partial charge is 0.239 e. The standard InChI is InChI=1S/C10H9ClN2O/c11-6-9(14)13-8-3-1-2-7-4-5-12-10(7)8/h1-5,12H,6H2,(H,13,14). The quantitative estimate of drug-likeness (QED) is 0.732. The Hall–Kier alpha value is -1.48. The third-order valence-electron chi connectivity index (χ3n) is 1.98. The van der Waals surface area contributed by atoms with Crippen molar-refractivity contribution in [3.05, 3.63) is 30.5 Å². The summed E-state index contributed by atoms with van der Waals surface area (Å²) in [6.45, 7) is 0. The monoisotopic (exact) mass is 208 g/mol. The number of hydrogen-bond donors (Lipinski definition) is 2. The Labute approximate surface area is 86.1 Å². The molecule has 14 heavy (non-hydrogen) atoms. The van der Waals surface area contributed by atoms with Crippen molar-refractivity contribution in [2.24, 2.45) is 0 Å². The number of amides is 1. The zero-order chi connectivity index (χ0) is 9.97. The van der Waals surface area contributed by atoms with Gasteiger partial charge in [0.1, 0.15) is 5.88 Å². The average Bonchev–Trinajstić information content (AvgIpc) is 2.66. The van der Waals surface area contributed by atoms with E-state index in [9.17, 15) is 4.79 Å². The van der Waals surface area contributed by atoms with E-state index >= 15 is 0 Å². The molecule has 4 heteroatoms. The van der Waals surface area contributed by atoms with E-state index in [0.29, 0.717) is 0 Å². The summed E-state index contributed by atoms with van der Waals surface area (Å²) >= 11 is 5.40. The van der Waals surface area contributed by atoms with Gasteiger partial charge >= 0.3 is 0 Å². The molecule has 0 saturated heterocycles. The van der Waals surface area contributed by atoms with E-state index < -0.39 is 0 Å². The lowest BCUT2D eigenvalue weighted by Gasteiger charge is -2.03. The summed E-state index contributed by atoms with van der Waals surface area (Å²) in [6, 6.07) is 7.65. The van der Waals surface area contributed by atoms with Crippen LogP contribution in [0.15, 0.2) is 30.5 Å². The van der Waals surface area contributed by atoms with Crippen molar-refractivity contribution in [1.29, 1.82) is 0 Å². The van der Waals surface area contributed by atoms with Crippen molar-refractivity contribution in [3.63, 3.8) is 0 Å². The molecule has 2 N–H and O–H groups in total. The summed E-state index contributed by atoms with van der Waals surface area (Å²) in [4.78, 5) is 14.1. The number of carbonyl (C=O) groups is 1. The van der Waals surface area contributed by atoms with Crippen LogP contribution in [-0.4, -0.2) is 16.8 Å². The van der Waals surface area contributed by atoms with Gasteiger partial charge in [-0.25, -0.2) is 0 Å². The Kier molecular flexibility index (Phi) is 2.41. The first-order valence-electron chi connectivity index (χ1n) is 4.23. The van der Waals surface area contributed by atoms with Gasteiger partial charge in [0.15, 0.2) is 0 Å². The van der Waals surface area contributed by atoms with Gasteiger partial charge < -0.3 is 10.3 Å². The SMILES string of the molecule is O=C(CCl)Nc1cccc2cc[nH]c12. The minimum absolute atomic E-state index is 0.0307. The Balaban J connectivity index is 2.41. The molecule has 0 spiro atoms. The number of benzene rings is 1. The van der Waals surface area contributed by atoms with E-state index in [4.69, 9.17) is 11.6 Å². The third-order valence-corrected chi connectivity index (χ3v) is 2.23. The first-order valence-corrected chi connectivity index (χ1v) is 4.76. The van der Waals surface area contributed by atoms with Crippen molar-refractivity contribution < 1.29 is 4.79 Å².